The lowest BCUT2D eigenvalue weighted by molar-refractivity contribution is 0.407. The largest absolute Gasteiger partial charge is 0.496 e. The van der Waals surface area contributed by atoms with E-state index in [0.29, 0.717) is 12.6 Å². The van der Waals surface area contributed by atoms with Gasteiger partial charge in [-0.25, -0.2) is 4.99 Å². The van der Waals surface area contributed by atoms with Crippen LogP contribution in [0.3, 0.4) is 0 Å². The number of methoxy groups -OCH3 is 1. The van der Waals surface area contributed by atoms with Gasteiger partial charge in [0, 0.05) is 29.9 Å². The Morgan fingerprint density at radius 2 is 2.04 bits per heavy atom. The molecule has 0 saturated carbocycles. The summed E-state index contributed by atoms with van der Waals surface area (Å²) in [7, 11) is 1.70. The second-order valence-electron chi connectivity index (χ2n) is 5.53. The normalized spacial score (nSPS) is 14.5. The van der Waals surface area contributed by atoms with E-state index in [9.17, 15) is 0 Å². The van der Waals surface area contributed by atoms with E-state index in [1.807, 2.05) is 20.0 Å². The van der Waals surface area contributed by atoms with Gasteiger partial charge < -0.3 is 15.4 Å². The monoisotopic (exact) mass is 430 g/mol. The van der Waals surface area contributed by atoms with Gasteiger partial charge in [-0.2, -0.15) is 0 Å². The molecule has 1 aromatic rings. The van der Waals surface area contributed by atoms with Crippen LogP contribution in [-0.2, 0) is 6.54 Å². The van der Waals surface area contributed by atoms with E-state index in [2.05, 4.69) is 39.7 Å². The molecule has 0 atom stereocenters. The molecule has 2 N–H and O–H groups in total. The Morgan fingerprint density at radius 3 is 2.65 bits per heavy atom. The molecule has 1 aliphatic rings. The summed E-state index contributed by atoms with van der Waals surface area (Å²) in [5, 5.41) is 6.76. The van der Waals surface area contributed by atoms with Crippen molar-refractivity contribution in [2.24, 2.45) is 4.99 Å². The highest BCUT2D eigenvalue weighted by molar-refractivity contribution is 14.0. The molecule has 1 heterocycles. The Morgan fingerprint density at radius 1 is 1.35 bits per heavy atom. The zero-order chi connectivity index (χ0) is 15.9. The van der Waals surface area contributed by atoms with Crippen molar-refractivity contribution in [1.82, 2.24) is 15.6 Å². The van der Waals surface area contributed by atoms with E-state index < -0.39 is 0 Å². The maximum Gasteiger partial charge on any atom is 0.191 e. The molecule has 128 valence electrons. The van der Waals surface area contributed by atoms with Gasteiger partial charge in [-0.05, 0) is 33.6 Å². The Balaban J connectivity index is 0.00000264. The van der Waals surface area contributed by atoms with Crippen LogP contribution in [0.1, 0.15) is 36.6 Å². The fourth-order valence-corrected chi connectivity index (χ4v) is 2.63. The van der Waals surface area contributed by atoms with Crippen molar-refractivity contribution in [3.8, 4) is 5.75 Å². The van der Waals surface area contributed by atoms with Crippen LogP contribution in [0.5, 0.6) is 5.75 Å². The van der Waals surface area contributed by atoms with Crippen molar-refractivity contribution in [2.75, 3.05) is 13.7 Å². The number of ether oxygens (including phenoxy) is 1. The van der Waals surface area contributed by atoms with Crippen molar-refractivity contribution in [3.05, 3.63) is 35.2 Å². The Bertz CT molecular complexity index is 564. The number of rotatable bonds is 5. The Hall–Kier alpha value is -1.31. The quantitative estimate of drug-likeness (QED) is 0.326. The average molecular weight is 430 g/mol. The zero-order valence-electron chi connectivity index (χ0n) is 14.3. The first-order chi connectivity index (χ1) is 10.7. The van der Waals surface area contributed by atoms with Gasteiger partial charge in [0.2, 0.25) is 0 Å². The summed E-state index contributed by atoms with van der Waals surface area (Å²) < 4.78 is 5.45. The van der Waals surface area contributed by atoms with Crippen LogP contribution in [0.4, 0.5) is 0 Å². The van der Waals surface area contributed by atoms with Gasteiger partial charge in [-0.15, -0.1) is 24.0 Å². The third-order valence-electron chi connectivity index (χ3n) is 3.83. The SMILES string of the molecule is CCNC(=NCc1ncc(C)c(OC)c1C)NC1CC=CC1.I. The van der Waals surface area contributed by atoms with Crippen LogP contribution in [0.15, 0.2) is 23.3 Å². The number of hydrogen-bond acceptors (Lipinski definition) is 3. The van der Waals surface area contributed by atoms with Crippen LogP contribution in [0.25, 0.3) is 0 Å². The fraction of sp³-hybridized carbons (Fsp3) is 0.529. The minimum absolute atomic E-state index is 0. The molecule has 2 rings (SSSR count). The first kappa shape index (κ1) is 19.7. The average Bonchev–Trinajstić information content (AvgIpc) is 3.00. The number of halogens is 1. The second kappa shape index (κ2) is 9.75. The van der Waals surface area contributed by atoms with E-state index in [0.717, 1.165) is 47.9 Å². The predicted octanol–water partition coefficient (Wildman–Crippen LogP) is 3.10. The first-order valence-electron chi connectivity index (χ1n) is 7.84. The molecule has 0 aliphatic heterocycles. The first-order valence-corrected chi connectivity index (χ1v) is 7.84. The fourth-order valence-electron chi connectivity index (χ4n) is 2.63. The highest BCUT2D eigenvalue weighted by Crippen LogP contribution is 2.24. The van der Waals surface area contributed by atoms with Crippen LogP contribution in [0.2, 0.25) is 0 Å². The summed E-state index contributed by atoms with van der Waals surface area (Å²) in [5.41, 5.74) is 3.06. The molecule has 0 aromatic carbocycles. The minimum atomic E-state index is 0. The van der Waals surface area contributed by atoms with Crippen molar-refractivity contribution in [1.29, 1.82) is 0 Å². The summed E-state index contributed by atoms with van der Waals surface area (Å²) in [6.07, 6.45) is 8.37. The Kier molecular flexibility index (Phi) is 8.36. The molecule has 1 aliphatic carbocycles. The standard InChI is InChI=1S/C17H26N4O.HI/c1-5-18-17(21-14-8-6-7-9-14)20-11-15-13(3)16(22-4)12(2)10-19-15;/h6-7,10,14H,5,8-9,11H2,1-4H3,(H2,18,20,21);1H. The van der Waals surface area contributed by atoms with E-state index in [1.165, 1.54) is 0 Å². The van der Waals surface area contributed by atoms with E-state index >= 15 is 0 Å². The van der Waals surface area contributed by atoms with Crippen molar-refractivity contribution in [2.45, 2.75) is 46.2 Å². The highest BCUT2D eigenvalue weighted by atomic mass is 127. The summed E-state index contributed by atoms with van der Waals surface area (Å²) in [6.45, 7) is 7.49. The summed E-state index contributed by atoms with van der Waals surface area (Å²) in [6, 6.07) is 0.444. The molecule has 0 radical (unpaired) electrons. The molecule has 0 spiro atoms. The lowest BCUT2D eigenvalue weighted by atomic mass is 10.1. The minimum Gasteiger partial charge on any atom is -0.496 e. The van der Waals surface area contributed by atoms with Gasteiger partial charge in [0.1, 0.15) is 5.75 Å². The lowest BCUT2D eigenvalue weighted by Crippen LogP contribution is -2.42. The van der Waals surface area contributed by atoms with Crippen molar-refractivity contribution in [3.63, 3.8) is 0 Å². The maximum absolute atomic E-state index is 5.45. The zero-order valence-corrected chi connectivity index (χ0v) is 16.7. The van der Waals surface area contributed by atoms with E-state index in [4.69, 9.17) is 4.74 Å². The number of aromatic nitrogens is 1. The van der Waals surface area contributed by atoms with Crippen LogP contribution >= 0.6 is 24.0 Å². The predicted molar refractivity (Wildman–Crippen MR) is 106 cm³/mol. The van der Waals surface area contributed by atoms with E-state index in [-0.39, 0.29) is 24.0 Å². The van der Waals surface area contributed by atoms with Gasteiger partial charge in [-0.1, -0.05) is 12.2 Å². The van der Waals surface area contributed by atoms with Crippen molar-refractivity contribution < 1.29 is 4.74 Å². The molecule has 1 aromatic heterocycles. The summed E-state index contributed by atoms with van der Waals surface area (Å²) in [4.78, 5) is 9.16. The smallest absolute Gasteiger partial charge is 0.191 e. The third-order valence-corrected chi connectivity index (χ3v) is 3.83. The number of hydrogen-bond donors (Lipinski definition) is 2. The molecular weight excluding hydrogens is 403 g/mol. The van der Waals surface area contributed by atoms with Gasteiger partial charge in [0.15, 0.2) is 5.96 Å². The molecule has 0 unspecified atom stereocenters. The molecule has 0 saturated heterocycles. The van der Waals surface area contributed by atoms with Gasteiger partial charge in [0.25, 0.3) is 0 Å². The molecule has 0 amide bonds. The molecular formula is C17H27IN4O. The van der Waals surface area contributed by atoms with Gasteiger partial charge in [0.05, 0.1) is 19.3 Å². The summed E-state index contributed by atoms with van der Waals surface area (Å²) >= 11 is 0. The molecule has 5 nitrogen and oxygen atoms in total. The van der Waals surface area contributed by atoms with Crippen LogP contribution < -0.4 is 15.4 Å². The number of aryl methyl sites for hydroxylation is 1. The lowest BCUT2D eigenvalue weighted by Gasteiger charge is -2.17. The van der Waals surface area contributed by atoms with Crippen molar-refractivity contribution >= 4 is 29.9 Å². The third kappa shape index (κ3) is 5.37. The van der Waals surface area contributed by atoms with Crippen LogP contribution in [0, 0.1) is 13.8 Å². The topological polar surface area (TPSA) is 58.5 Å². The second-order valence-corrected chi connectivity index (χ2v) is 5.53. The molecule has 0 bridgehead atoms. The van der Waals surface area contributed by atoms with Crippen LogP contribution in [-0.4, -0.2) is 30.6 Å². The highest BCUT2D eigenvalue weighted by Gasteiger charge is 2.12. The maximum atomic E-state index is 5.45. The van der Waals surface area contributed by atoms with Gasteiger partial charge >= 0.3 is 0 Å². The van der Waals surface area contributed by atoms with E-state index in [1.54, 1.807) is 7.11 Å². The number of guanidine groups is 1. The molecule has 6 heteroatoms. The van der Waals surface area contributed by atoms with Gasteiger partial charge in [-0.3, -0.25) is 4.98 Å². The molecule has 23 heavy (non-hydrogen) atoms. The summed E-state index contributed by atoms with van der Waals surface area (Å²) in [5.74, 6) is 1.75. The number of pyridine rings is 1. The number of nitrogens with one attached hydrogen (secondary N) is 2. The Labute approximate surface area is 156 Å². The number of aliphatic imine (C=N–C) groups is 1. The molecule has 0 fully saturated rings. The number of nitrogens with zero attached hydrogens (tertiary/aromatic N) is 2.